The van der Waals surface area contributed by atoms with E-state index < -0.39 is 4.92 Å². The highest BCUT2D eigenvalue weighted by Crippen LogP contribution is 2.30. The van der Waals surface area contributed by atoms with Crippen LogP contribution in [0.4, 0.5) is 11.4 Å². The molecule has 1 atom stereocenters. The van der Waals surface area contributed by atoms with E-state index in [9.17, 15) is 14.9 Å². The molecule has 142 valence electrons. The van der Waals surface area contributed by atoms with Crippen LogP contribution < -0.4 is 10.6 Å². The van der Waals surface area contributed by atoms with Gasteiger partial charge in [-0.2, -0.15) is 0 Å². The molecule has 1 unspecified atom stereocenters. The van der Waals surface area contributed by atoms with Gasteiger partial charge in [0, 0.05) is 37.3 Å². The minimum absolute atomic E-state index is 0.0408. The molecule has 26 heavy (non-hydrogen) atoms. The molecule has 2 fully saturated rings. The number of carbonyl (C=O) groups is 1. The molecule has 2 N–H and O–H groups in total. The van der Waals surface area contributed by atoms with Gasteiger partial charge in [-0.15, -0.1) is 0 Å². The van der Waals surface area contributed by atoms with E-state index in [0.29, 0.717) is 17.3 Å². The fourth-order valence-electron chi connectivity index (χ4n) is 4.21. The molecular weight excluding hydrogens is 332 g/mol. The lowest BCUT2D eigenvalue weighted by molar-refractivity contribution is -0.384. The lowest BCUT2D eigenvalue weighted by Gasteiger charge is -2.40. The number of amides is 1. The first-order valence-electron chi connectivity index (χ1n) is 9.59. The van der Waals surface area contributed by atoms with Crippen molar-refractivity contribution in [2.24, 2.45) is 0 Å². The number of benzene rings is 1. The number of nitro benzene ring substituents is 1. The molecule has 0 bridgehead atoms. The fraction of sp³-hybridized carbons (Fsp3) is 0.632. The summed E-state index contributed by atoms with van der Waals surface area (Å²) in [5, 5.41) is 17.3. The van der Waals surface area contributed by atoms with Crippen LogP contribution >= 0.6 is 0 Å². The van der Waals surface area contributed by atoms with Crippen LogP contribution in [0.15, 0.2) is 18.2 Å². The van der Waals surface area contributed by atoms with Gasteiger partial charge in [0.2, 0.25) is 0 Å². The van der Waals surface area contributed by atoms with Gasteiger partial charge in [0.1, 0.15) is 5.69 Å². The Kier molecular flexibility index (Phi) is 6.08. The molecule has 7 nitrogen and oxygen atoms in total. The van der Waals surface area contributed by atoms with E-state index in [-0.39, 0.29) is 17.6 Å². The Hall–Kier alpha value is -2.15. The second-order valence-electron chi connectivity index (χ2n) is 7.34. The van der Waals surface area contributed by atoms with E-state index in [1.54, 1.807) is 12.1 Å². The Bertz CT molecular complexity index is 658. The lowest BCUT2D eigenvalue weighted by atomic mass is 9.92. The number of nitro groups is 1. The van der Waals surface area contributed by atoms with E-state index >= 15 is 0 Å². The maximum absolute atomic E-state index is 11.7. The van der Waals surface area contributed by atoms with Crippen molar-refractivity contribution < 1.29 is 9.72 Å². The highest BCUT2D eigenvalue weighted by atomic mass is 16.6. The van der Waals surface area contributed by atoms with Crippen molar-refractivity contribution in [3.05, 3.63) is 33.9 Å². The van der Waals surface area contributed by atoms with Crippen LogP contribution in [0.1, 0.15) is 55.3 Å². The van der Waals surface area contributed by atoms with E-state index in [0.717, 1.165) is 25.9 Å². The van der Waals surface area contributed by atoms with Crippen LogP contribution in [0.25, 0.3) is 0 Å². The standard InChI is InChI=1S/C19H28N4O3/c1-20-19(24)14-9-10-17(18(12-14)23(25)26)21-15-6-5-11-22(13-15)16-7-3-2-4-8-16/h9-10,12,15-16,21H,2-8,11,13H2,1H3,(H,20,24). The van der Waals surface area contributed by atoms with Crippen molar-refractivity contribution >= 4 is 17.3 Å². The molecule has 0 spiro atoms. The summed E-state index contributed by atoms with van der Waals surface area (Å²) in [7, 11) is 1.52. The third-order valence-electron chi connectivity index (χ3n) is 5.59. The summed E-state index contributed by atoms with van der Waals surface area (Å²) in [6.45, 7) is 2.06. The van der Waals surface area contributed by atoms with Gasteiger partial charge in [-0.05, 0) is 44.4 Å². The summed E-state index contributed by atoms with van der Waals surface area (Å²) in [5.41, 5.74) is 0.760. The Balaban J connectivity index is 1.71. The minimum atomic E-state index is -0.420. The first kappa shape index (κ1) is 18.6. The second-order valence-corrected chi connectivity index (χ2v) is 7.34. The molecule has 1 heterocycles. The zero-order valence-electron chi connectivity index (χ0n) is 15.4. The van der Waals surface area contributed by atoms with E-state index in [1.807, 2.05) is 0 Å². The van der Waals surface area contributed by atoms with Crippen molar-refractivity contribution in [2.45, 2.75) is 57.0 Å². The zero-order valence-corrected chi connectivity index (χ0v) is 15.4. The molecule has 1 saturated carbocycles. The van der Waals surface area contributed by atoms with Gasteiger partial charge in [0.25, 0.3) is 11.6 Å². The molecule has 1 aromatic rings. The summed E-state index contributed by atoms with van der Waals surface area (Å²) in [4.78, 5) is 25.3. The van der Waals surface area contributed by atoms with Crippen molar-refractivity contribution in [1.29, 1.82) is 0 Å². The number of piperidine rings is 1. The molecular formula is C19H28N4O3. The minimum Gasteiger partial charge on any atom is -0.375 e. The van der Waals surface area contributed by atoms with Gasteiger partial charge < -0.3 is 10.6 Å². The molecule has 7 heteroatoms. The lowest BCUT2D eigenvalue weighted by Crippen LogP contribution is -2.47. The summed E-state index contributed by atoms with van der Waals surface area (Å²) in [6.07, 6.45) is 8.63. The number of anilines is 1. The third kappa shape index (κ3) is 4.33. The molecule has 1 aromatic carbocycles. The number of carbonyl (C=O) groups excluding carboxylic acids is 1. The quantitative estimate of drug-likeness (QED) is 0.622. The normalized spacial score (nSPS) is 22.0. The summed E-state index contributed by atoms with van der Waals surface area (Å²) in [6, 6.07) is 5.51. The van der Waals surface area contributed by atoms with E-state index in [2.05, 4.69) is 15.5 Å². The third-order valence-corrected chi connectivity index (χ3v) is 5.59. The average molecular weight is 360 g/mol. The topological polar surface area (TPSA) is 87.5 Å². The highest BCUT2D eigenvalue weighted by molar-refractivity contribution is 5.95. The molecule has 1 saturated heterocycles. The second kappa shape index (κ2) is 8.49. The Morgan fingerprint density at radius 1 is 1.19 bits per heavy atom. The molecule has 0 radical (unpaired) electrons. The number of rotatable bonds is 5. The van der Waals surface area contributed by atoms with Crippen LogP contribution in [0.3, 0.4) is 0 Å². The molecule has 3 rings (SSSR count). The predicted octanol–water partition coefficient (Wildman–Crippen LogP) is 3.16. The maximum atomic E-state index is 11.7. The SMILES string of the molecule is CNC(=O)c1ccc(NC2CCCN(C3CCCCC3)C2)c([N+](=O)[O-])c1. The molecule has 1 aliphatic carbocycles. The summed E-state index contributed by atoms with van der Waals surface area (Å²) in [5.74, 6) is -0.319. The van der Waals surface area contributed by atoms with Gasteiger partial charge in [-0.1, -0.05) is 19.3 Å². The Morgan fingerprint density at radius 3 is 2.65 bits per heavy atom. The first-order valence-corrected chi connectivity index (χ1v) is 9.59. The largest absolute Gasteiger partial charge is 0.375 e. The smallest absolute Gasteiger partial charge is 0.293 e. The fourth-order valence-corrected chi connectivity index (χ4v) is 4.21. The number of hydrogen-bond donors (Lipinski definition) is 2. The van der Waals surface area contributed by atoms with Crippen LogP contribution in [0.2, 0.25) is 0 Å². The Labute approximate surface area is 154 Å². The maximum Gasteiger partial charge on any atom is 0.293 e. The highest BCUT2D eigenvalue weighted by Gasteiger charge is 2.28. The van der Waals surface area contributed by atoms with Gasteiger partial charge >= 0.3 is 0 Å². The number of hydrogen-bond acceptors (Lipinski definition) is 5. The first-order chi connectivity index (χ1) is 12.6. The van der Waals surface area contributed by atoms with Crippen LogP contribution in [-0.2, 0) is 0 Å². The Morgan fingerprint density at radius 2 is 1.96 bits per heavy atom. The van der Waals surface area contributed by atoms with Gasteiger partial charge in [-0.25, -0.2) is 0 Å². The van der Waals surface area contributed by atoms with Gasteiger partial charge in [0.05, 0.1) is 4.92 Å². The predicted molar refractivity (Wildman–Crippen MR) is 102 cm³/mol. The summed E-state index contributed by atoms with van der Waals surface area (Å²) >= 11 is 0. The average Bonchev–Trinajstić information content (AvgIpc) is 2.68. The molecule has 0 aromatic heterocycles. The van der Waals surface area contributed by atoms with Crippen molar-refractivity contribution in [1.82, 2.24) is 10.2 Å². The number of nitrogens with one attached hydrogen (secondary N) is 2. The van der Waals surface area contributed by atoms with Crippen LogP contribution in [0.5, 0.6) is 0 Å². The van der Waals surface area contributed by atoms with Crippen molar-refractivity contribution in [2.75, 3.05) is 25.5 Å². The number of nitrogens with zero attached hydrogens (tertiary/aromatic N) is 2. The van der Waals surface area contributed by atoms with Gasteiger partial charge in [-0.3, -0.25) is 19.8 Å². The molecule has 2 aliphatic rings. The van der Waals surface area contributed by atoms with Crippen molar-refractivity contribution in [3.63, 3.8) is 0 Å². The summed E-state index contributed by atoms with van der Waals surface area (Å²) < 4.78 is 0. The van der Waals surface area contributed by atoms with Crippen molar-refractivity contribution in [3.8, 4) is 0 Å². The van der Waals surface area contributed by atoms with Crippen LogP contribution in [0, 0.1) is 10.1 Å². The number of likely N-dealkylation sites (tertiary alicyclic amines) is 1. The van der Waals surface area contributed by atoms with E-state index in [4.69, 9.17) is 0 Å². The van der Waals surface area contributed by atoms with Crippen LogP contribution in [-0.4, -0.2) is 48.0 Å². The molecule has 1 amide bonds. The monoisotopic (exact) mass is 360 g/mol. The zero-order chi connectivity index (χ0) is 18.5. The molecule has 1 aliphatic heterocycles. The van der Waals surface area contributed by atoms with E-state index in [1.165, 1.54) is 45.2 Å². The van der Waals surface area contributed by atoms with Gasteiger partial charge in [0.15, 0.2) is 0 Å².